The highest BCUT2D eigenvalue weighted by molar-refractivity contribution is 5.67. The van der Waals surface area contributed by atoms with Crippen LogP contribution in [0.2, 0.25) is 0 Å². The Labute approximate surface area is 106 Å². The minimum absolute atomic E-state index is 0.180. The van der Waals surface area contributed by atoms with Crippen LogP contribution >= 0.6 is 0 Å². The molecule has 1 amide bonds. The maximum Gasteiger partial charge on any atom is 0.435 e. The highest BCUT2D eigenvalue weighted by Gasteiger charge is 2.35. The summed E-state index contributed by atoms with van der Waals surface area (Å²) in [5.74, 6) is 0. The Balaban J connectivity index is 2.11. The number of rotatable bonds is 1. The molecule has 1 atom stereocenters. The average molecular weight is 251 g/mol. The molecule has 0 saturated carbocycles. The second-order valence-electron chi connectivity index (χ2n) is 5.12. The first-order chi connectivity index (χ1) is 8.47. The molecule has 18 heavy (non-hydrogen) atoms. The highest BCUT2D eigenvalue weighted by atomic mass is 16.7. The van der Waals surface area contributed by atoms with Gasteiger partial charge in [-0.2, -0.15) is 5.06 Å². The first kappa shape index (κ1) is 12.8. The number of amides is 1. The van der Waals surface area contributed by atoms with Crippen molar-refractivity contribution in [3.8, 4) is 0 Å². The topological polar surface area (TPSA) is 64.5 Å². The van der Waals surface area contributed by atoms with Gasteiger partial charge in [0.15, 0.2) is 0 Å². The van der Waals surface area contributed by atoms with Gasteiger partial charge in [-0.1, -0.05) is 0 Å². The minimum atomic E-state index is -0.541. The van der Waals surface area contributed by atoms with Gasteiger partial charge in [0, 0.05) is 24.4 Å². The molecule has 1 aromatic rings. The number of aromatic nitrogens is 2. The number of hydrogen-bond acceptors (Lipinski definition) is 5. The van der Waals surface area contributed by atoms with Crippen LogP contribution in [0.1, 0.15) is 38.8 Å². The van der Waals surface area contributed by atoms with Crippen LogP contribution in [-0.4, -0.2) is 33.3 Å². The Hall–Kier alpha value is -1.69. The summed E-state index contributed by atoms with van der Waals surface area (Å²) in [7, 11) is 0. The van der Waals surface area contributed by atoms with Crippen molar-refractivity contribution in [2.75, 3.05) is 6.61 Å². The van der Waals surface area contributed by atoms with Gasteiger partial charge in [0.2, 0.25) is 0 Å². The molecule has 98 valence electrons. The van der Waals surface area contributed by atoms with E-state index >= 15 is 0 Å². The van der Waals surface area contributed by atoms with Crippen molar-refractivity contribution in [3.05, 3.63) is 24.3 Å². The first-order valence-corrected chi connectivity index (χ1v) is 5.87. The van der Waals surface area contributed by atoms with Crippen LogP contribution in [0.5, 0.6) is 0 Å². The fourth-order valence-electron chi connectivity index (χ4n) is 1.74. The van der Waals surface area contributed by atoms with E-state index in [1.807, 2.05) is 20.8 Å². The van der Waals surface area contributed by atoms with Crippen molar-refractivity contribution in [2.24, 2.45) is 0 Å². The van der Waals surface area contributed by atoms with Gasteiger partial charge in [-0.3, -0.25) is 4.84 Å². The van der Waals surface area contributed by atoms with E-state index in [4.69, 9.17) is 9.57 Å². The maximum atomic E-state index is 12.0. The van der Waals surface area contributed by atoms with Gasteiger partial charge in [-0.25, -0.2) is 14.8 Å². The van der Waals surface area contributed by atoms with Gasteiger partial charge in [-0.15, -0.1) is 0 Å². The molecule has 1 fully saturated rings. The smallest absolute Gasteiger partial charge is 0.435 e. The summed E-state index contributed by atoms with van der Waals surface area (Å²) in [6.07, 6.45) is 5.06. The molecule has 0 spiro atoms. The van der Waals surface area contributed by atoms with Crippen LogP contribution in [0.25, 0.3) is 0 Å². The lowest BCUT2D eigenvalue weighted by molar-refractivity contribution is -0.125. The van der Waals surface area contributed by atoms with E-state index in [2.05, 4.69) is 9.97 Å². The molecule has 6 nitrogen and oxygen atoms in total. The molecule has 2 heterocycles. The molecule has 1 aliphatic heterocycles. The van der Waals surface area contributed by atoms with Crippen molar-refractivity contribution in [1.29, 1.82) is 0 Å². The summed E-state index contributed by atoms with van der Waals surface area (Å²) in [4.78, 5) is 25.2. The fourth-order valence-corrected chi connectivity index (χ4v) is 1.74. The standard InChI is InChI=1S/C12H17N3O3/c1-12(2,3)18-11(16)15-10(4-5-17-15)9-6-13-8-14-7-9/h6-8,10H,4-5H2,1-3H3. The molecule has 1 unspecified atom stereocenters. The van der Waals surface area contributed by atoms with E-state index in [-0.39, 0.29) is 6.04 Å². The Morgan fingerprint density at radius 2 is 2.11 bits per heavy atom. The SMILES string of the molecule is CC(C)(C)OC(=O)N1OCCC1c1cncnc1. The van der Waals surface area contributed by atoms with E-state index in [0.717, 1.165) is 5.56 Å². The van der Waals surface area contributed by atoms with Crippen molar-refractivity contribution in [1.82, 2.24) is 15.0 Å². The zero-order chi connectivity index (χ0) is 13.2. The van der Waals surface area contributed by atoms with Gasteiger partial charge < -0.3 is 4.74 Å². The minimum Gasteiger partial charge on any atom is -0.442 e. The summed E-state index contributed by atoms with van der Waals surface area (Å²) >= 11 is 0. The molecule has 0 N–H and O–H groups in total. The van der Waals surface area contributed by atoms with E-state index in [9.17, 15) is 4.79 Å². The molecule has 0 radical (unpaired) electrons. The lowest BCUT2D eigenvalue weighted by atomic mass is 10.1. The monoisotopic (exact) mass is 251 g/mol. The molecule has 0 bridgehead atoms. The highest BCUT2D eigenvalue weighted by Crippen LogP contribution is 2.30. The fraction of sp³-hybridized carbons (Fsp3) is 0.583. The molecule has 1 aromatic heterocycles. The van der Waals surface area contributed by atoms with Crippen LogP contribution in [0.15, 0.2) is 18.7 Å². The van der Waals surface area contributed by atoms with E-state index < -0.39 is 11.7 Å². The predicted molar refractivity (Wildman–Crippen MR) is 63.4 cm³/mol. The molecule has 2 rings (SSSR count). The Kier molecular flexibility index (Phi) is 3.47. The van der Waals surface area contributed by atoms with E-state index in [1.54, 1.807) is 12.4 Å². The quantitative estimate of drug-likeness (QED) is 0.764. The van der Waals surface area contributed by atoms with Gasteiger partial charge in [0.1, 0.15) is 11.9 Å². The van der Waals surface area contributed by atoms with Crippen LogP contribution in [0.4, 0.5) is 4.79 Å². The van der Waals surface area contributed by atoms with Gasteiger partial charge in [0.25, 0.3) is 0 Å². The lowest BCUT2D eigenvalue weighted by Gasteiger charge is -2.26. The van der Waals surface area contributed by atoms with Gasteiger partial charge in [-0.05, 0) is 20.8 Å². The first-order valence-electron chi connectivity index (χ1n) is 5.87. The third-order valence-corrected chi connectivity index (χ3v) is 2.44. The maximum absolute atomic E-state index is 12.0. The van der Waals surface area contributed by atoms with Crippen molar-refractivity contribution in [3.63, 3.8) is 0 Å². The van der Waals surface area contributed by atoms with E-state index in [0.29, 0.717) is 13.0 Å². The van der Waals surface area contributed by atoms with Crippen molar-refractivity contribution >= 4 is 6.09 Å². The predicted octanol–water partition coefficient (Wildman–Crippen LogP) is 2.09. The summed E-state index contributed by atoms with van der Waals surface area (Å²) in [6, 6.07) is -0.180. The molecule has 0 aliphatic carbocycles. The van der Waals surface area contributed by atoms with Crippen molar-refractivity contribution in [2.45, 2.75) is 38.8 Å². The molecule has 6 heteroatoms. The number of hydrogen-bond donors (Lipinski definition) is 0. The largest absolute Gasteiger partial charge is 0.442 e. The van der Waals surface area contributed by atoms with Gasteiger partial charge in [0.05, 0.1) is 12.6 Å². The number of hydroxylamine groups is 2. The summed E-state index contributed by atoms with van der Waals surface area (Å²) < 4.78 is 5.29. The molecule has 1 saturated heterocycles. The van der Waals surface area contributed by atoms with Crippen LogP contribution in [-0.2, 0) is 9.57 Å². The summed E-state index contributed by atoms with van der Waals surface area (Å²) in [5.41, 5.74) is 0.307. The second kappa shape index (κ2) is 4.89. The Bertz CT molecular complexity index is 416. The van der Waals surface area contributed by atoms with Crippen LogP contribution in [0, 0.1) is 0 Å². The number of nitrogens with zero attached hydrogens (tertiary/aromatic N) is 3. The van der Waals surface area contributed by atoms with Gasteiger partial charge >= 0.3 is 6.09 Å². The van der Waals surface area contributed by atoms with Crippen LogP contribution in [0.3, 0.4) is 0 Å². The third-order valence-electron chi connectivity index (χ3n) is 2.44. The Morgan fingerprint density at radius 1 is 1.44 bits per heavy atom. The third kappa shape index (κ3) is 2.95. The second-order valence-corrected chi connectivity index (χ2v) is 5.12. The number of carbonyl (C=O) groups excluding carboxylic acids is 1. The molecule has 1 aliphatic rings. The zero-order valence-electron chi connectivity index (χ0n) is 10.8. The summed E-state index contributed by atoms with van der Waals surface area (Å²) in [6.45, 7) is 5.95. The Morgan fingerprint density at radius 3 is 2.72 bits per heavy atom. The number of ether oxygens (including phenoxy) is 1. The van der Waals surface area contributed by atoms with E-state index in [1.165, 1.54) is 11.4 Å². The summed E-state index contributed by atoms with van der Waals surface area (Å²) in [5, 5.41) is 1.27. The lowest BCUT2D eigenvalue weighted by Crippen LogP contribution is -2.35. The molecular weight excluding hydrogens is 234 g/mol. The zero-order valence-corrected chi connectivity index (χ0v) is 10.8. The molecule has 0 aromatic carbocycles. The van der Waals surface area contributed by atoms with Crippen molar-refractivity contribution < 1.29 is 14.4 Å². The van der Waals surface area contributed by atoms with Crippen LogP contribution < -0.4 is 0 Å². The average Bonchev–Trinajstić information content (AvgIpc) is 2.76. The molecular formula is C12H17N3O3. The normalized spacial score (nSPS) is 19.9. The number of carbonyl (C=O) groups is 1.